The highest BCUT2D eigenvalue weighted by Crippen LogP contribution is 2.22. The number of anilines is 1. The number of rotatable bonds is 6. The first-order valence-corrected chi connectivity index (χ1v) is 7.89. The summed E-state index contributed by atoms with van der Waals surface area (Å²) in [5, 5.41) is 9.61. The normalized spacial score (nSPS) is 10.5. The molecule has 2 aromatic heterocycles. The molecule has 26 heavy (non-hydrogen) atoms. The molecule has 0 bridgehead atoms. The molecule has 1 aromatic carbocycles. The van der Waals surface area contributed by atoms with Crippen molar-refractivity contribution in [2.75, 3.05) is 19.0 Å². The number of benzene rings is 1. The predicted octanol–water partition coefficient (Wildman–Crippen LogP) is 1.40. The second kappa shape index (κ2) is 7.51. The monoisotopic (exact) mass is 354 g/mol. The molecule has 3 amide bonds. The van der Waals surface area contributed by atoms with Crippen molar-refractivity contribution in [1.29, 1.82) is 0 Å². The predicted molar refractivity (Wildman–Crippen MR) is 95.8 cm³/mol. The number of ether oxygens (including phenoxy) is 1. The molecule has 3 aromatic rings. The highest BCUT2D eigenvalue weighted by molar-refractivity contribution is 5.88. The van der Waals surface area contributed by atoms with Gasteiger partial charge in [0.15, 0.2) is 11.5 Å². The second-order valence-corrected chi connectivity index (χ2v) is 5.48. The number of primary amides is 1. The summed E-state index contributed by atoms with van der Waals surface area (Å²) in [5.41, 5.74) is 7.25. The fourth-order valence-electron chi connectivity index (χ4n) is 2.34. The molecule has 0 aliphatic rings. The highest BCUT2D eigenvalue weighted by atomic mass is 16.5. The molecule has 0 saturated heterocycles. The van der Waals surface area contributed by atoms with E-state index in [9.17, 15) is 9.59 Å². The van der Waals surface area contributed by atoms with E-state index in [0.29, 0.717) is 11.5 Å². The quantitative estimate of drug-likeness (QED) is 0.617. The number of aromatic nitrogens is 3. The molecule has 9 nitrogen and oxygen atoms in total. The second-order valence-electron chi connectivity index (χ2n) is 5.48. The smallest absolute Gasteiger partial charge is 0.320 e. The number of nitrogens with one attached hydrogen (secondary N) is 2. The van der Waals surface area contributed by atoms with Crippen molar-refractivity contribution in [3.05, 3.63) is 42.6 Å². The van der Waals surface area contributed by atoms with Crippen LogP contribution in [0.5, 0.6) is 5.75 Å². The van der Waals surface area contributed by atoms with Crippen molar-refractivity contribution in [2.45, 2.75) is 6.42 Å². The van der Waals surface area contributed by atoms with Gasteiger partial charge in [-0.15, -0.1) is 0 Å². The molecular formula is C17H18N6O3. The van der Waals surface area contributed by atoms with Crippen LogP contribution in [0.2, 0.25) is 0 Å². The topological polar surface area (TPSA) is 124 Å². The Bertz CT molecular complexity index is 953. The van der Waals surface area contributed by atoms with Crippen LogP contribution in [-0.4, -0.2) is 40.2 Å². The maximum atomic E-state index is 11.8. The highest BCUT2D eigenvalue weighted by Gasteiger charge is 2.09. The number of nitrogens with two attached hydrogens (primary N) is 1. The number of imidazole rings is 1. The van der Waals surface area contributed by atoms with Gasteiger partial charge >= 0.3 is 6.03 Å². The lowest BCUT2D eigenvalue weighted by molar-refractivity contribution is -0.117. The van der Waals surface area contributed by atoms with Gasteiger partial charge in [-0.25, -0.2) is 14.3 Å². The summed E-state index contributed by atoms with van der Waals surface area (Å²) in [6.45, 7) is 0.160. The molecule has 0 fully saturated rings. The summed E-state index contributed by atoms with van der Waals surface area (Å²) in [6.07, 6.45) is 1.68. The van der Waals surface area contributed by atoms with Gasteiger partial charge in [-0.1, -0.05) is 12.1 Å². The van der Waals surface area contributed by atoms with Gasteiger partial charge in [-0.3, -0.25) is 10.1 Å². The number of carbonyl (C=O) groups excluding carboxylic acids is 2. The van der Waals surface area contributed by atoms with Crippen molar-refractivity contribution >= 4 is 23.4 Å². The molecule has 134 valence electrons. The van der Waals surface area contributed by atoms with Gasteiger partial charge in [-0.05, 0) is 24.3 Å². The van der Waals surface area contributed by atoms with E-state index >= 15 is 0 Å². The maximum Gasteiger partial charge on any atom is 0.320 e. The van der Waals surface area contributed by atoms with Crippen LogP contribution in [-0.2, 0) is 4.79 Å². The third kappa shape index (κ3) is 4.07. The van der Waals surface area contributed by atoms with Gasteiger partial charge in [0.25, 0.3) is 0 Å². The third-order valence-electron chi connectivity index (χ3n) is 3.58. The molecular weight excluding hydrogens is 336 g/mol. The SMILES string of the molecule is COc1cccc(-c2ccc3nc(NC(=O)NCCC(N)=O)cn3n2)c1. The number of hydrogen-bond acceptors (Lipinski definition) is 5. The van der Waals surface area contributed by atoms with E-state index in [-0.39, 0.29) is 13.0 Å². The average molecular weight is 354 g/mol. The van der Waals surface area contributed by atoms with Crippen molar-refractivity contribution < 1.29 is 14.3 Å². The van der Waals surface area contributed by atoms with Crippen molar-refractivity contribution in [3.63, 3.8) is 0 Å². The Morgan fingerprint density at radius 2 is 2.12 bits per heavy atom. The molecule has 0 saturated carbocycles. The Morgan fingerprint density at radius 3 is 2.88 bits per heavy atom. The van der Waals surface area contributed by atoms with Crippen LogP contribution in [0.4, 0.5) is 10.6 Å². The molecule has 2 heterocycles. The van der Waals surface area contributed by atoms with Crippen LogP contribution >= 0.6 is 0 Å². The van der Waals surface area contributed by atoms with Crippen LogP contribution in [0.25, 0.3) is 16.9 Å². The standard InChI is InChI=1S/C17H18N6O3/c1-26-12-4-2-3-11(9-12)13-5-6-16-20-15(10-23(16)22-13)21-17(25)19-8-7-14(18)24/h2-6,9-10H,7-8H2,1H3,(H2,18,24)(H2,19,21,25). The van der Waals surface area contributed by atoms with Crippen LogP contribution in [0.3, 0.4) is 0 Å². The van der Waals surface area contributed by atoms with Crippen LogP contribution < -0.4 is 21.1 Å². The van der Waals surface area contributed by atoms with Crippen molar-refractivity contribution in [2.24, 2.45) is 5.73 Å². The Morgan fingerprint density at radius 1 is 1.27 bits per heavy atom. The zero-order valence-electron chi connectivity index (χ0n) is 14.1. The molecule has 0 radical (unpaired) electrons. The Hall–Kier alpha value is -3.62. The fraction of sp³-hybridized carbons (Fsp3) is 0.176. The number of hydrogen-bond donors (Lipinski definition) is 3. The zero-order chi connectivity index (χ0) is 18.5. The summed E-state index contributed by atoms with van der Waals surface area (Å²) >= 11 is 0. The lowest BCUT2D eigenvalue weighted by atomic mass is 10.1. The summed E-state index contributed by atoms with van der Waals surface area (Å²) in [5.74, 6) is 0.606. The van der Waals surface area contributed by atoms with E-state index in [1.54, 1.807) is 23.9 Å². The van der Waals surface area contributed by atoms with E-state index < -0.39 is 11.9 Å². The van der Waals surface area contributed by atoms with Gasteiger partial charge in [0.1, 0.15) is 5.75 Å². The summed E-state index contributed by atoms with van der Waals surface area (Å²) in [4.78, 5) is 26.7. The number of nitrogens with zero attached hydrogens (tertiary/aromatic N) is 3. The molecule has 0 spiro atoms. The summed E-state index contributed by atoms with van der Waals surface area (Å²) < 4.78 is 6.81. The van der Waals surface area contributed by atoms with Crippen LogP contribution in [0.1, 0.15) is 6.42 Å². The minimum atomic E-state index is -0.479. The summed E-state index contributed by atoms with van der Waals surface area (Å²) in [7, 11) is 1.61. The first-order valence-electron chi connectivity index (χ1n) is 7.89. The largest absolute Gasteiger partial charge is 0.497 e. The van der Waals surface area contributed by atoms with Gasteiger partial charge in [0.05, 0.1) is 19.0 Å². The average Bonchev–Trinajstić information content (AvgIpc) is 3.02. The molecule has 0 aliphatic carbocycles. The van der Waals surface area contributed by atoms with Crippen molar-refractivity contribution in [1.82, 2.24) is 19.9 Å². The zero-order valence-corrected chi connectivity index (χ0v) is 14.1. The minimum absolute atomic E-state index is 0.0735. The number of amides is 3. The Labute approximate surface area is 149 Å². The first-order chi connectivity index (χ1) is 12.5. The van der Waals surface area contributed by atoms with Crippen LogP contribution in [0.15, 0.2) is 42.6 Å². The minimum Gasteiger partial charge on any atom is -0.497 e. The van der Waals surface area contributed by atoms with E-state index in [2.05, 4.69) is 20.7 Å². The molecule has 0 atom stereocenters. The molecule has 0 unspecified atom stereocenters. The number of carbonyl (C=O) groups is 2. The molecule has 0 aliphatic heterocycles. The summed E-state index contributed by atoms with van der Waals surface area (Å²) in [6, 6.07) is 10.7. The number of fused-ring (bicyclic) bond motifs is 1. The molecule has 4 N–H and O–H groups in total. The Balaban J connectivity index is 1.75. The van der Waals surface area contributed by atoms with E-state index in [0.717, 1.165) is 17.0 Å². The van der Waals surface area contributed by atoms with Gasteiger partial charge < -0.3 is 15.8 Å². The molecule has 9 heteroatoms. The molecule has 3 rings (SSSR count). The van der Waals surface area contributed by atoms with Gasteiger partial charge in [0, 0.05) is 18.5 Å². The number of methoxy groups -OCH3 is 1. The lowest BCUT2D eigenvalue weighted by Crippen LogP contribution is -2.31. The van der Waals surface area contributed by atoms with E-state index in [1.807, 2.05) is 30.3 Å². The van der Waals surface area contributed by atoms with Gasteiger partial charge in [0.2, 0.25) is 5.91 Å². The third-order valence-corrected chi connectivity index (χ3v) is 3.58. The van der Waals surface area contributed by atoms with Crippen molar-refractivity contribution in [3.8, 4) is 17.0 Å². The fourth-order valence-corrected chi connectivity index (χ4v) is 2.34. The Kier molecular flexibility index (Phi) is 4.97. The van der Waals surface area contributed by atoms with Crippen LogP contribution in [0, 0.1) is 0 Å². The van der Waals surface area contributed by atoms with E-state index in [1.165, 1.54) is 0 Å². The lowest BCUT2D eigenvalue weighted by Gasteiger charge is -2.04. The van der Waals surface area contributed by atoms with E-state index in [4.69, 9.17) is 10.5 Å². The number of urea groups is 1. The van der Waals surface area contributed by atoms with Gasteiger partial charge in [-0.2, -0.15) is 5.10 Å². The first kappa shape index (κ1) is 17.2. The maximum absolute atomic E-state index is 11.8.